The maximum atomic E-state index is 14.1. The summed E-state index contributed by atoms with van der Waals surface area (Å²) in [5, 5.41) is 0. The molecule has 0 atom stereocenters. The minimum atomic E-state index is -1.55. The first-order chi connectivity index (χ1) is 10.8. The molecular formula is C14H9BF6O2. The van der Waals surface area contributed by atoms with E-state index >= 15 is 0 Å². The fraction of sp³-hybridized carbons (Fsp3) is 0.143. The van der Waals surface area contributed by atoms with Crippen LogP contribution in [-0.4, -0.2) is 21.5 Å². The second-order valence-electron chi connectivity index (χ2n) is 4.51. The summed E-state index contributed by atoms with van der Waals surface area (Å²) in [5.74, 6) is -9.99. The molecule has 0 radical (unpaired) electrons. The van der Waals surface area contributed by atoms with Crippen molar-refractivity contribution in [2.75, 3.05) is 14.2 Å². The van der Waals surface area contributed by atoms with Gasteiger partial charge < -0.3 is 9.47 Å². The highest BCUT2D eigenvalue weighted by molar-refractivity contribution is 6.68. The third-order valence-corrected chi connectivity index (χ3v) is 3.20. The van der Waals surface area contributed by atoms with Crippen molar-refractivity contribution in [3.63, 3.8) is 0 Å². The van der Waals surface area contributed by atoms with Crippen LogP contribution in [0.5, 0.6) is 11.5 Å². The Morgan fingerprint density at radius 3 is 1.74 bits per heavy atom. The molecule has 0 spiro atoms. The number of benzene rings is 2. The smallest absolute Gasteiger partial charge is 0.209 e. The Labute approximate surface area is 127 Å². The molecule has 0 aliphatic rings. The molecule has 9 heteroatoms. The van der Waals surface area contributed by atoms with Crippen LogP contribution in [0.1, 0.15) is 0 Å². The first-order valence-corrected chi connectivity index (χ1v) is 6.22. The van der Waals surface area contributed by atoms with Gasteiger partial charge in [0.1, 0.15) is 5.82 Å². The van der Waals surface area contributed by atoms with Crippen molar-refractivity contribution in [3.05, 3.63) is 47.0 Å². The van der Waals surface area contributed by atoms with Gasteiger partial charge in [-0.1, -0.05) is 0 Å². The predicted molar refractivity (Wildman–Crippen MR) is 72.2 cm³/mol. The molecule has 0 amide bonds. The van der Waals surface area contributed by atoms with Crippen LogP contribution in [0.15, 0.2) is 12.1 Å². The molecule has 0 unspecified atom stereocenters. The molecule has 0 aliphatic carbocycles. The standard InChI is InChI=1S/C14H9BF6O2/c1-22-13-7(18)4-6(17)11(20)10(13)15-9-5(16)3-8(19)14(23-2)12(9)21/h3-4,15H,1-2H3. The highest BCUT2D eigenvalue weighted by atomic mass is 19.2. The second-order valence-corrected chi connectivity index (χ2v) is 4.51. The highest BCUT2D eigenvalue weighted by Crippen LogP contribution is 2.22. The van der Waals surface area contributed by atoms with Crippen molar-refractivity contribution < 1.29 is 35.8 Å². The number of ether oxygens (including phenoxy) is 2. The van der Waals surface area contributed by atoms with Crippen molar-refractivity contribution in [2.45, 2.75) is 0 Å². The summed E-state index contributed by atoms with van der Waals surface area (Å²) in [6, 6.07) is 0.576. The van der Waals surface area contributed by atoms with Gasteiger partial charge in [0.15, 0.2) is 40.6 Å². The molecule has 2 nitrogen and oxygen atoms in total. The summed E-state index contributed by atoms with van der Waals surface area (Å²) in [4.78, 5) is 0. The average molecular weight is 334 g/mol. The van der Waals surface area contributed by atoms with Gasteiger partial charge in [-0.3, -0.25) is 0 Å². The van der Waals surface area contributed by atoms with Gasteiger partial charge in [0.05, 0.1) is 14.2 Å². The zero-order chi connectivity index (χ0) is 17.3. The predicted octanol–water partition coefficient (Wildman–Crippen LogP) is 1.93. The zero-order valence-electron chi connectivity index (χ0n) is 11.9. The molecule has 2 rings (SSSR count). The Hall–Kier alpha value is -2.32. The van der Waals surface area contributed by atoms with E-state index in [2.05, 4.69) is 9.47 Å². The Morgan fingerprint density at radius 1 is 0.652 bits per heavy atom. The van der Waals surface area contributed by atoms with Crippen molar-refractivity contribution in [2.24, 2.45) is 0 Å². The van der Waals surface area contributed by atoms with Gasteiger partial charge in [-0.2, -0.15) is 0 Å². The third kappa shape index (κ3) is 2.95. The maximum absolute atomic E-state index is 14.1. The van der Waals surface area contributed by atoms with Gasteiger partial charge in [0, 0.05) is 17.6 Å². The van der Waals surface area contributed by atoms with E-state index < -0.39 is 64.6 Å². The van der Waals surface area contributed by atoms with E-state index in [0.29, 0.717) is 6.07 Å². The molecule has 0 aliphatic heterocycles. The molecule has 0 fully saturated rings. The van der Waals surface area contributed by atoms with Crippen LogP contribution in [0.4, 0.5) is 26.3 Å². The van der Waals surface area contributed by atoms with Crippen molar-refractivity contribution in [1.29, 1.82) is 0 Å². The lowest BCUT2D eigenvalue weighted by atomic mass is 9.62. The number of halogens is 6. The van der Waals surface area contributed by atoms with E-state index in [4.69, 9.17) is 0 Å². The summed E-state index contributed by atoms with van der Waals surface area (Å²) in [5.41, 5.74) is -1.55. The highest BCUT2D eigenvalue weighted by Gasteiger charge is 2.26. The summed E-state index contributed by atoms with van der Waals surface area (Å²) >= 11 is 0. The van der Waals surface area contributed by atoms with E-state index in [1.165, 1.54) is 0 Å². The summed E-state index contributed by atoms with van der Waals surface area (Å²) in [7, 11) is 1.03. The Morgan fingerprint density at radius 2 is 1.17 bits per heavy atom. The molecule has 2 aromatic carbocycles. The van der Waals surface area contributed by atoms with E-state index in [1.54, 1.807) is 0 Å². The summed E-state index contributed by atoms with van der Waals surface area (Å²) in [6.45, 7) is 0. The van der Waals surface area contributed by atoms with Crippen LogP contribution in [0.3, 0.4) is 0 Å². The van der Waals surface area contributed by atoms with Gasteiger partial charge >= 0.3 is 0 Å². The van der Waals surface area contributed by atoms with Crippen LogP contribution in [-0.2, 0) is 0 Å². The van der Waals surface area contributed by atoms with Crippen LogP contribution < -0.4 is 20.4 Å². The number of hydrogen-bond acceptors (Lipinski definition) is 2. The summed E-state index contributed by atoms with van der Waals surface area (Å²) in [6.07, 6.45) is 0. The van der Waals surface area contributed by atoms with Gasteiger partial charge in [-0.15, -0.1) is 0 Å². The lowest BCUT2D eigenvalue weighted by molar-refractivity contribution is 0.358. The molecular weight excluding hydrogens is 325 g/mol. The fourth-order valence-corrected chi connectivity index (χ4v) is 2.14. The SMILES string of the molecule is COc1c(F)cc(F)c(Bc2c(F)c(F)cc(F)c2OC)c1F. The third-order valence-electron chi connectivity index (χ3n) is 3.20. The fourth-order valence-electron chi connectivity index (χ4n) is 2.14. The second kappa shape index (κ2) is 6.43. The van der Waals surface area contributed by atoms with Gasteiger partial charge in [-0.25, -0.2) is 26.3 Å². The Balaban J connectivity index is 2.65. The largest absolute Gasteiger partial charge is 0.494 e. The summed E-state index contributed by atoms with van der Waals surface area (Å²) < 4.78 is 91.1. The lowest BCUT2D eigenvalue weighted by Crippen LogP contribution is -2.36. The van der Waals surface area contributed by atoms with E-state index in [1.807, 2.05) is 0 Å². The average Bonchev–Trinajstić information content (AvgIpc) is 2.48. The van der Waals surface area contributed by atoms with E-state index in [0.717, 1.165) is 14.2 Å². The van der Waals surface area contributed by atoms with Crippen LogP contribution in [0.25, 0.3) is 0 Å². The minimum absolute atomic E-state index is 0.246. The van der Waals surface area contributed by atoms with Gasteiger partial charge in [0.25, 0.3) is 0 Å². The molecule has 122 valence electrons. The van der Waals surface area contributed by atoms with Crippen LogP contribution in [0.2, 0.25) is 0 Å². The van der Waals surface area contributed by atoms with E-state index in [-0.39, 0.29) is 6.07 Å². The zero-order valence-corrected chi connectivity index (χ0v) is 11.9. The molecule has 2 aromatic rings. The molecule has 0 aromatic heterocycles. The number of rotatable bonds is 4. The Bertz CT molecular complexity index is 766. The van der Waals surface area contributed by atoms with Gasteiger partial charge in [-0.05, 0) is 5.46 Å². The first-order valence-electron chi connectivity index (χ1n) is 6.22. The van der Waals surface area contributed by atoms with Crippen LogP contribution >= 0.6 is 0 Å². The first kappa shape index (κ1) is 17.0. The molecule has 0 heterocycles. The van der Waals surface area contributed by atoms with E-state index in [9.17, 15) is 26.3 Å². The normalized spacial score (nSPS) is 10.6. The van der Waals surface area contributed by atoms with Crippen molar-refractivity contribution >= 4 is 18.2 Å². The van der Waals surface area contributed by atoms with Crippen molar-refractivity contribution in [3.8, 4) is 11.5 Å². The molecule has 0 saturated carbocycles. The molecule has 23 heavy (non-hydrogen) atoms. The molecule has 0 bridgehead atoms. The Kier molecular flexibility index (Phi) is 4.77. The number of methoxy groups -OCH3 is 2. The molecule has 0 saturated heterocycles. The molecule has 0 N–H and O–H groups in total. The minimum Gasteiger partial charge on any atom is -0.494 e. The quantitative estimate of drug-likeness (QED) is 0.483. The maximum Gasteiger partial charge on any atom is 0.209 e. The number of hydrogen-bond donors (Lipinski definition) is 0. The topological polar surface area (TPSA) is 18.5 Å². The van der Waals surface area contributed by atoms with Crippen molar-refractivity contribution in [1.82, 2.24) is 0 Å². The monoisotopic (exact) mass is 334 g/mol. The van der Waals surface area contributed by atoms with Gasteiger partial charge in [0.2, 0.25) is 7.28 Å². The lowest BCUT2D eigenvalue weighted by Gasteiger charge is -2.13. The van der Waals surface area contributed by atoms with Crippen LogP contribution in [0, 0.1) is 34.9 Å².